The molecule has 1 saturated heterocycles. The number of aromatic nitrogens is 1. The normalized spacial score (nSPS) is 15.8. The standard InChI is InChI=1S/C28H28F3N5O5/c1-40-15-22(36-17-28(30,31)16-33-26(36)38)19-10-11-32-23(13-19)34-25(37)24(20-8-5-9-21(29)12-20)35-27(39)41-14-18-6-3-2-4-7-18/h2-13,22,24H,14-17H2,1H3,(H,33,38)(H,35,39)(H,32,34,37)/t22-,24+/m1/s1. The molecule has 1 aliphatic heterocycles. The number of amides is 4. The Morgan fingerprint density at radius 3 is 2.61 bits per heavy atom. The van der Waals surface area contributed by atoms with Gasteiger partial charge in [0.1, 0.15) is 24.3 Å². The lowest BCUT2D eigenvalue weighted by atomic mass is 10.0. The number of alkyl halides is 2. The molecule has 2 heterocycles. The third-order valence-electron chi connectivity index (χ3n) is 6.20. The number of benzene rings is 2. The van der Waals surface area contributed by atoms with Crippen molar-refractivity contribution < 1.29 is 37.0 Å². The highest BCUT2D eigenvalue weighted by atomic mass is 19.3. The number of nitrogens with zero attached hydrogens (tertiary/aromatic N) is 2. The monoisotopic (exact) mass is 571 g/mol. The number of hydrogen-bond acceptors (Lipinski definition) is 6. The molecule has 1 aliphatic rings. The van der Waals surface area contributed by atoms with E-state index in [4.69, 9.17) is 9.47 Å². The number of pyridine rings is 1. The van der Waals surface area contributed by atoms with E-state index in [1.807, 2.05) is 6.07 Å². The number of methoxy groups -OCH3 is 1. The third kappa shape index (κ3) is 7.94. The van der Waals surface area contributed by atoms with E-state index < -0.39 is 54.9 Å². The molecular weight excluding hydrogens is 543 g/mol. The molecular formula is C28H28F3N5O5. The minimum absolute atomic E-state index is 0.00126. The first-order chi connectivity index (χ1) is 19.6. The Bertz CT molecular complexity index is 1380. The summed E-state index contributed by atoms with van der Waals surface area (Å²) in [5, 5.41) is 7.17. The van der Waals surface area contributed by atoms with Gasteiger partial charge in [-0.15, -0.1) is 0 Å². The molecule has 4 rings (SSSR count). The predicted octanol–water partition coefficient (Wildman–Crippen LogP) is 4.17. The van der Waals surface area contributed by atoms with E-state index in [2.05, 4.69) is 20.9 Å². The van der Waals surface area contributed by atoms with Crippen molar-refractivity contribution >= 4 is 23.8 Å². The maximum Gasteiger partial charge on any atom is 0.408 e. The highest BCUT2D eigenvalue weighted by Gasteiger charge is 2.42. The average molecular weight is 572 g/mol. The van der Waals surface area contributed by atoms with Gasteiger partial charge in [0.25, 0.3) is 11.8 Å². The van der Waals surface area contributed by atoms with Crippen molar-refractivity contribution in [2.24, 2.45) is 0 Å². The maximum atomic E-state index is 14.1. The van der Waals surface area contributed by atoms with Gasteiger partial charge in [-0.2, -0.15) is 0 Å². The first-order valence-corrected chi connectivity index (χ1v) is 12.6. The SMILES string of the molecule is COC[C@H](c1ccnc(NC(=O)[C@@H](NC(=O)OCc2ccccc2)c2cccc(F)c2)c1)N1CC(F)(F)CNC1=O. The number of nitrogens with one attached hydrogen (secondary N) is 3. The molecule has 0 aliphatic carbocycles. The van der Waals surface area contributed by atoms with Crippen LogP contribution in [0.2, 0.25) is 0 Å². The molecule has 2 aromatic carbocycles. The van der Waals surface area contributed by atoms with Crippen LogP contribution in [0.15, 0.2) is 72.9 Å². The second-order valence-corrected chi connectivity index (χ2v) is 9.27. The van der Waals surface area contributed by atoms with Gasteiger partial charge in [0, 0.05) is 13.3 Å². The van der Waals surface area contributed by atoms with E-state index in [0.29, 0.717) is 5.56 Å². The van der Waals surface area contributed by atoms with Crippen molar-refractivity contribution in [3.05, 3.63) is 95.4 Å². The predicted molar refractivity (Wildman–Crippen MR) is 141 cm³/mol. The van der Waals surface area contributed by atoms with E-state index in [9.17, 15) is 27.6 Å². The second kappa shape index (κ2) is 13.1. The van der Waals surface area contributed by atoms with Crippen LogP contribution in [-0.2, 0) is 20.9 Å². The van der Waals surface area contributed by atoms with E-state index in [1.54, 1.807) is 24.3 Å². The lowest BCUT2D eigenvalue weighted by molar-refractivity contribution is -0.118. The van der Waals surface area contributed by atoms with Crippen LogP contribution in [0, 0.1) is 5.82 Å². The number of ether oxygens (including phenoxy) is 2. The first-order valence-electron chi connectivity index (χ1n) is 12.6. The minimum Gasteiger partial charge on any atom is -0.445 e. The van der Waals surface area contributed by atoms with Gasteiger partial charge in [-0.1, -0.05) is 42.5 Å². The first kappa shape index (κ1) is 29.3. The summed E-state index contributed by atoms with van der Waals surface area (Å²) >= 11 is 0. The Balaban J connectivity index is 1.53. The highest BCUT2D eigenvalue weighted by molar-refractivity contribution is 5.96. The Morgan fingerprint density at radius 1 is 1.10 bits per heavy atom. The zero-order valence-corrected chi connectivity index (χ0v) is 22.0. The molecule has 1 aromatic heterocycles. The minimum atomic E-state index is -3.15. The molecule has 0 bridgehead atoms. The Morgan fingerprint density at radius 2 is 1.88 bits per heavy atom. The second-order valence-electron chi connectivity index (χ2n) is 9.27. The fraction of sp³-hybridized carbons (Fsp3) is 0.286. The highest BCUT2D eigenvalue weighted by Crippen LogP contribution is 2.29. The zero-order chi connectivity index (χ0) is 29.4. The van der Waals surface area contributed by atoms with Gasteiger partial charge in [-0.3, -0.25) is 4.79 Å². The van der Waals surface area contributed by atoms with Crippen molar-refractivity contribution in [3.63, 3.8) is 0 Å². The fourth-order valence-corrected chi connectivity index (χ4v) is 4.25. The summed E-state index contributed by atoms with van der Waals surface area (Å²) in [7, 11) is 1.36. The number of alkyl carbamates (subject to hydrolysis) is 1. The van der Waals surface area contributed by atoms with Crippen LogP contribution in [0.25, 0.3) is 0 Å². The molecule has 3 aromatic rings. The van der Waals surface area contributed by atoms with E-state index in [1.165, 1.54) is 43.6 Å². The van der Waals surface area contributed by atoms with Crippen molar-refractivity contribution in [3.8, 4) is 0 Å². The quantitative estimate of drug-likeness (QED) is 0.336. The fourth-order valence-electron chi connectivity index (χ4n) is 4.25. The third-order valence-corrected chi connectivity index (χ3v) is 6.20. The smallest absolute Gasteiger partial charge is 0.408 e. The van der Waals surface area contributed by atoms with Gasteiger partial charge >= 0.3 is 12.1 Å². The molecule has 4 amide bonds. The Hall–Kier alpha value is -4.65. The molecule has 0 saturated carbocycles. The van der Waals surface area contributed by atoms with Crippen LogP contribution >= 0.6 is 0 Å². The van der Waals surface area contributed by atoms with Gasteiger partial charge in [-0.05, 0) is 41.0 Å². The van der Waals surface area contributed by atoms with E-state index in [0.717, 1.165) is 16.5 Å². The number of carbonyl (C=O) groups is 3. The van der Waals surface area contributed by atoms with Crippen molar-refractivity contribution in [2.45, 2.75) is 24.6 Å². The molecule has 3 N–H and O–H groups in total. The van der Waals surface area contributed by atoms with Gasteiger partial charge in [0.2, 0.25) is 0 Å². The van der Waals surface area contributed by atoms with Crippen LogP contribution in [0.4, 0.5) is 28.6 Å². The van der Waals surface area contributed by atoms with Crippen LogP contribution in [0.5, 0.6) is 0 Å². The molecule has 0 spiro atoms. The van der Waals surface area contributed by atoms with Crippen LogP contribution in [0.1, 0.15) is 28.8 Å². The largest absolute Gasteiger partial charge is 0.445 e. The molecule has 0 radical (unpaired) electrons. The summed E-state index contributed by atoms with van der Waals surface area (Å²) in [5.74, 6) is -4.55. The number of hydrogen-bond donors (Lipinski definition) is 3. The van der Waals surface area contributed by atoms with Crippen LogP contribution < -0.4 is 16.0 Å². The van der Waals surface area contributed by atoms with E-state index in [-0.39, 0.29) is 24.6 Å². The van der Waals surface area contributed by atoms with Gasteiger partial charge in [0.05, 0.1) is 25.7 Å². The van der Waals surface area contributed by atoms with Crippen molar-refractivity contribution in [2.75, 3.05) is 32.1 Å². The van der Waals surface area contributed by atoms with Crippen LogP contribution in [-0.4, -0.2) is 60.6 Å². The number of anilines is 1. The van der Waals surface area contributed by atoms with Gasteiger partial charge < -0.3 is 30.3 Å². The molecule has 1 fully saturated rings. The summed E-state index contributed by atoms with van der Waals surface area (Å²) in [6.07, 6.45) is 0.406. The lowest BCUT2D eigenvalue weighted by Crippen LogP contribution is -2.58. The summed E-state index contributed by atoms with van der Waals surface area (Å²) in [6, 6.07) is 13.9. The van der Waals surface area contributed by atoms with Crippen molar-refractivity contribution in [1.82, 2.24) is 20.5 Å². The van der Waals surface area contributed by atoms with Crippen LogP contribution in [0.3, 0.4) is 0 Å². The summed E-state index contributed by atoms with van der Waals surface area (Å²) in [6.45, 7) is -1.77. The number of rotatable bonds is 10. The lowest BCUT2D eigenvalue weighted by Gasteiger charge is -2.38. The summed E-state index contributed by atoms with van der Waals surface area (Å²) in [5.41, 5.74) is 1.23. The topological polar surface area (TPSA) is 122 Å². The number of halogens is 3. The molecule has 216 valence electrons. The molecule has 2 atom stereocenters. The van der Waals surface area contributed by atoms with E-state index >= 15 is 0 Å². The number of urea groups is 1. The molecule has 41 heavy (non-hydrogen) atoms. The molecule has 13 heteroatoms. The zero-order valence-electron chi connectivity index (χ0n) is 22.0. The Kier molecular flexibility index (Phi) is 9.40. The van der Waals surface area contributed by atoms with Gasteiger partial charge in [-0.25, -0.2) is 27.7 Å². The summed E-state index contributed by atoms with van der Waals surface area (Å²) in [4.78, 5) is 43.4. The molecule has 0 unspecified atom stereocenters. The van der Waals surface area contributed by atoms with Crippen molar-refractivity contribution in [1.29, 1.82) is 0 Å². The van der Waals surface area contributed by atoms with Gasteiger partial charge in [0.15, 0.2) is 0 Å². The maximum absolute atomic E-state index is 14.1. The Labute approximate surface area is 233 Å². The summed E-state index contributed by atoms with van der Waals surface area (Å²) < 4.78 is 52.6. The average Bonchev–Trinajstić information content (AvgIpc) is 2.95. The number of carbonyl (C=O) groups excluding carboxylic acids is 3. The molecule has 10 nitrogen and oxygen atoms in total.